The van der Waals surface area contributed by atoms with Crippen molar-refractivity contribution in [3.05, 3.63) is 36.2 Å². The highest BCUT2D eigenvalue weighted by molar-refractivity contribution is 5.66. The maximum atomic E-state index is 9.43. The van der Waals surface area contributed by atoms with E-state index in [1.807, 2.05) is 12.1 Å². The molecule has 0 unspecified atom stereocenters. The van der Waals surface area contributed by atoms with Crippen LogP contribution in [0.25, 0.3) is 11.1 Å². The fraction of sp³-hybridized carbons (Fsp3) is 0.250. The van der Waals surface area contributed by atoms with Crippen LogP contribution in [0.5, 0.6) is 5.75 Å². The third-order valence-electron chi connectivity index (χ3n) is 2.51. The Kier molecular flexibility index (Phi) is 3.22. The summed E-state index contributed by atoms with van der Waals surface area (Å²) < 4.78 is 0. The predicted molar refractivity (Wildman–Crippen MR) is 63.1 cm³/mol. The highest BCUT2D eigenvalue weighted by Crippen LogP contribution is 2.25. The van der Waals surface area contributed by atoms with Crippen LogP contribution in [0.3, 0.4) is 0 Å². The van der Waals surface area contributed by atoms with E-state index < -0.39 is 0 Å². The van der Waals surface area contributed by atoms with Crippen LogP contribution in [0, 0.1) is 0 Å². The van der Waals surface area contributed by atoms with Crippen molar-refractivity contribution in [2.75, 3.05) is 6.54 Å². The summed E-state index contributed by atoms with van der Waals surface area (Å²) in [5, 5.41) is 16.4. The number of nitrogens with two attached hydrogens (primary N) is 1. The minimum absolute atomic E-state index is 0.267. The lowest BCUT2D eigenvalue weighted by molar-refractivity contribution is 0.475. The minimum atomic E-state index is 0.267. The molecule has 0 aliphatic carbocycles. The normalized spacial score (nSPS) is 10.6. The van der Waals surface area contributed by atoms with Crippen molar-refractivity contribution >= 4 is 0 Å². The lowest BCUT2D eigenvalue weighted by Crippen LogP contribution is -2.01. The van der Waals surface area contributed by atoms with Crippen molar-refractivity contribution in [1.29, 1.82) is 0 Å². The second kappa shape index (κ2) is 4.81. The fourth-order valence-corrected chi connectivity index (χ4v) is 1.70. The molecule has 0 saturated heterocycles. The van der Waals surface area contributed by atoms with Crippen molar-refractivity contribution < 1.29 is 5.11 Å². The number of H-pyrrole nitrogens is 1. The van der Waals surface area contributed by atoms with Gasteiger partial charge in [0.2, 0.25) is 0 Å². The average molecular weight is 217 g/mol. The molecule has 2 aromatic rings. The highest BCUT2D eigenvalue weighted by atomic mass is 16.3. The summed E-state index contributed by atoms with van der Waals surface area (Å²) in [5.41, 5.74) is 8.55. The first-order chi connectivity index (χ1) is 7.81. The number of nitrogens with zero attached hydrogens (tertiary/aromatic N) is 1. The van der Waals surface area contributed by atoms with Gasteiger partial charge in [0, 0.05) is 11.3 Å². The molecule has 4 heteroatoms. The second-order valence-corrected chi connectivity index (χ2v) is 3.70. The number of hydrogen-bond acceptors (Lipinski definition) is 3. The highest BCUT2D eigenvalue weighted by Gasteiger charge is 2.07. The zero-order chi connectivity index (χ0) is 11.4. The van der Waals surface area contributed by atoms with E-state index in [1.54, 1.807) is 18.3 Å². The number of aromatic amines is 1. The topological polar surface area (TPSA) is 74.9 Å². The van der Waals surface area contributed by atoms with Crippen molar-refractivity contribution in [1.82, 2.24) is 10.2 Å². The van der Waals surface area contributed by atoms with Crippen LogP contribution in [-0.2, 0) is 6.42 Å². The van der Waals surface area contributed by atoms with Gasteiger partial charge in [-0.25, -0.2) is 0 Å². The van der Waals surface area contributed by atoms with Crippen LogP contribution in [0.2, 0.25) is 0 Å². The molecule has 0 radical (unpaired) electrons. The van der Waals surface area contributed by atoms with Crippen LogP contribution in [0.4, 0.5) is 0 Å². The Hall–Kier alpha value is -1.81. The number of phenols is 1. The Morgan fingerprint density at radius 3 is 3.00 bits per heavy atom. The van der Waals surface area contributed by atoms with Crippen molar-refractivity contribution in [3.8, 4) is 16.9 Å². The molecule has 0 aliphatic rings. The molecule has 1 aromatic heterocycles. The minimum Gasteiger partial charge on any atom is -0.508 e. The monoisotopic (exact) mass is 217 g/mol. The number of aromatic hydroxyl groups is 1. The Morgan fingerprint density at radius 2 is 2.25 bits per heavy atom. The number of nitrogens with one attached hydrogen (secondary N) is 1. The van der Waals surface area contributed by atoms with Gasteiger partial charge in [0.25, 0.3) is 0 Å². The SMILES string of the molecule is NCCCc1[nH]ncc1-c1cccc(O)c1. The van der Waals surface area contributed by atoms with Gasteiger partial charge in [-0.15, -0.1) is 0 Å². The second-order valence-electron chi connectivity index (χ2n) is 3.70. The molecule has 1 aromatic carbocycles. The molecule has 0 fully saturated rings. The Morgan fingerprint density at radius 1 is 1.38 bits per heavy atom. The first-order valence-electron chi connectivity index (χ1n) is 5.33. The molecule has 1 heterocycles. The largest absolute Gasteiger partial charge is 0.508 e. The summed E-state index contributed by atoms with van der Waals surface area (Å²) >= 11 is 0. The number of rotatable bonds is 4. The number of benzene rings is 1. The van der Waals surface area contributed by atoms with E-state index >= 15 is 0 Å². The standard InChI is InChI=1S/C12H15N3O/c13-6-2-5-12-11(8-14-15-12)9-3-1-4-10(16)7-9/h1,3-4,7-8,16H,2,5-6,13H2,(H,14,15). The number of aromatic nitrogens is 2. The Balaban J connectivity index is 2.29. The van der Waals surface area contributed by atoms with Gasteiger partial charge in [-0.05, 0) is 37.1 Å². The van der Waals surface area contributed by atoms with Gasteiger partial charge in [0.15, 0.2) is 0 Å². The first kappa shape index (κ1) is 10.7. The smallest absolute Gasteiger partial charge is 0.116 e. The van der Waals surface area contributed by atoms with E-state index in [2.05, 4.69) is 10.2 Å². The van der Waals surface area contributed by atoms with Gasteiger partial charge in [-0.1, -0.05) is 12.1 Å². The molecule has 0 amide bonds. The molecule has 0 atom stereocenters. The van der Waals surface area contributed by atoms with Crippen LogP contribution >= 0.6 is 0 Å². The third kappa shape index (κ3) is 2.23. The van der Waals surface area contributed by atoms with Gasteiger partial charge in [0.05, 0.1) is 6.20 Å². The number of aryl methyl sites for hydroxylation is 1. The molecule has 2 rings (SSSR count). The molecule has 84 valence electrons. The maximum Gasteiger partial charge on any atom is 0.116 e. The maximum absolute atomic E-state index is 9.43. The molecule has 4 N–H and O–H groups in total. The molecule has 0 bridgehead atoms. The van der Waals surface area contributed by atoms with E-state index in [4.69, 9.17) is 5.73 Å². The lowest BCUT2D eigenvalue weighted by Gasteiger charge is -2.03. The molecule has 0 saturated carbocycles. The van der Waals surface area contributed by atoms with E-state index in [0.29, 0.717) is 6.54 Å². The number of hydrogen-bond donors (Lipinski definition) is 3. The summed E-state index contributed by atoms with van der Waals surface area (Å²) in [7, 11) is 0. The fourth-order valence-electron chi connectivity index (χ4n) is 1.70. The van der Waals surface area contributed by atoms with Crippen LogP contribution in [-0.4, -0.2) is 21.8 Å². The first-order valence-corrected chi connectivity index (χ1v) is 5.33. The summed E-state index contributed by atoms with van der Waals surface area (Å²) in [4.78, 5) is 0. The molecule has 16 heavy (non-hydrogen) atoms. The van der Waals surface area contributed by atoms with E-state index in [9.17, 15) is 5.11 Å². The Labute approximate surface area is 94.1 Å². The number of phenolic OH excluding ortho intramolecular Hbond substituents is 1. The molecular formula is C12H15N3O. The summed E-state index contributed by atoms with van der Waals surface area (Å²) in [6.45, 7) is 0.665. The summed E-state index contributed by atoms with van der Waals surface area (Å²) in [6.07, 6.45) is 3.58. The predicted octanol–water partition coefficient (Wildman–Crippen LogP) is 1.67. The molecule has 0 aliphatic heterocycles. The molecular weight excluding hydrogens is 202 g/mol. The van der Waals surface area contributed by atoms with Gasteiger partial charge >= 0.3 is 0 Å². The van der Waals surface area contributed by atoms with Gasteiger partial charge in [-0.2, -0.15) is 5.10 Å². The van der Waals surface area contributed by atoms with Crippen molar-refractivity contribution in [3.63, 3.8) is 0 Å². The zero-order valence-corrected chi connectivity index (χ0v) is 8.98. The lowest BCUT2D eigenvalue weighted by atomic mass is 10.0. The van der Waals surface area contributed by atoms with Crippen molar-refractivity contribution in [2.45, 2.75) is 12.8 Å². The quantitative estimate of drug-likeness (QED) is 0.729. The summed E-state index contributed by atoms with van der Waals surface area (Å²) in [6, 6.07) is 7.17. The molecule has 4 nitrogen and oxygen atoms in total. The van der Waals surface area contributed by atoms with Crippen LogP contribution in [0.15, 0.2) is 30.5 Å². The molecule has 0 spiro atoms. The van der Waals surface area contributed by atoms with Gasteiger partial charge in [0.1, 0.15) is 5.75 Å². The van der Waals surface area contributed by atoms with E-state index in [0.717, 1.165) is 29.7 Å². The average Bonchev–Trinajstić information content (AvgIpc) is 2.74. The van der Waals surface area contributed by atoms with E-state index in [-0.39, 0.29) is 5.75 Å². The van der Waals surface area contributed by atoms with Gasteiger partial charge < -0.3 is 10.8 Å². The zero-order valence-electron chi connectivity index (χ0n) is 8.98. The van der Waals surface area contributed by atoms with E-state index in [1.165, 1.54) is 0 Å². The third-order valence-corrected chi connectivity index (χ3v) is 2.51. The van der Waals surface area contributed by atoms with Crippen LogP contribution in [0.1, 0.15) is 12.1 Å². The summed E-state index contributed by atoms with van der Waals surface area (Å²) in [5.74, 6) is 0.267. The van der Waals surface area contributed by atoms with Crippen LogP contribution < -0.4 is 5.73 Å². The van der Waals surface area contributed by atoms with Crippen molar-refractivity contribution in [2.24, 2.45) is 5.73 Å². The Bertz CT molecular complexity index is 465. The van der Waals surface area contributed by atoms with Gasteiger partial charge in [-0.3, -0.25) is 5.10 Å².